The third-order valence-corrected chi connectivity index (χ3v) is 7.28. The van der Waals surface area contributed by atoms with E-state index in [9.17, 15) is 4.79 Å². The van der Waals surface area contributed by atoms with Gasteiger partial charge in [0, 0.05) is 12.1 Å². The number of aryl methyl sites for hydroxylation is 3. The van der Waals surface area contributed by atoms with E-state index in [4.69, 9.17) is 0 Å². The number of amides is 1. The van der Waals surface area contributed by atoms with Crippen LogP contribution in [0.3, 0.4) is 0 Å². The van der Waals surface area contributed by atoms with Crippen molar-refractivity contribution in [2.24, 2.45) is 17.3 Å². The lowest BCUT2D eigenvalue weighted by atomic mass is 9.46. The molecule has 4 bridgehead atoms. The van der Waals surface area contributed by atoms with E-state index in [1.54, 1.807) is 0 Å². The molecule has 6 nitrogen and oxygen atoms in total. The lowest BCUT2D eigenvalue weighted by molar-refractivity contribution is -0.135. The zero-order chi connectivity index (χ0) is 19.5. The Morgan fingerprint density at radius 3 is 2.57 bits per heavy atom. The van der Waals surface area contributed by atoms with E-state index in [-0.39, 0.29) is 16.9 Å². The van der Waals surface area contributed by atoms with Crippen molar-refractivity contribution in [2.75, 3.05) is 5.32 Å². The minimum atomic E-state index is -0.0363. The van der Waals surface area contributed by atoms with Crippen molar-refractivity contribution >= 4 is 11.6 Å². The molecule has 1 N–H and O–H groups in total. The van der Waals surface area contributed by atoms with Gasteiger partial charge in [0.05, 0.1) is 5.54 Å². The van der Waals surface area contributed by atoms with Crippen molar-refractivity contribution in [1.29, 1.82) is 0 Å². The topological polar surface area (TPSA) is 72.7 Å². The molecule has 4 aliphatic rings. The van der Waals surface area contributed by atoms with E-state index in [1.165, 1.54) is 24.8 Å². The van der Waals surface area contributed by atoms with Gasteiger partial charge in [0.1, 0.15) is 0 Å². The van der Waals surface area contributed by atoms with Crippen LogP contribution in [0.1, 0.15) is 61.9 Å². The van der Waals surface area contributed by atoms with E-state index in [0.717, 1.165) is 36.3 Å². The highest BCUT2D eigenvalue weighted by molar-refractivity contribution is 5.92. The summed E-state index contributed by atoms with van der Waals surface area (Å²) in [5, 5.41) is 16.3. The Labute approximate surface area is 166 Å². The molecular weight excluding hydrogens is 350 g/mol. The number of anilines is 1. The van der Waals surface area contributed by atoms with Crippen LogP contribution in [-0.2, 0) is 10.3 Å². The Morgan fingerprint density at radius 2 is 1.93 bits per heavy atom. The maximum atomic E-state index is 13.0. The first-order valence-corrected chi connectivity index (χ1v) is 10.5. The van der Waals surface area contributed by atoms with Gasteiger partial charge in [0.15, 0.2) is 5.82 Å². The number of hydrogen-bond acceptors (Lipinski definition) is 4. The first kappa shape index (κ1) is 17.8. The van der Waals surface area contributed by atoms with Crippen LogP contribution in [0.15, 0.2) is 18.2 Å². The maximum absolute atomic E-state index is 13.0. The van der Waals surface area contributed by atoms with Gasteiger partial charge in [-0.2, -0.15) is 4.80 Å². The van der Waals surface area contributed by atoms with Crippen LogP contribution in [0, 0.1) is 38.0 Å². The Bertz CT molecular complexity index is 919. The Hall–Kier alpha value is -2.24. The molecule has 1 aromatic carbocycles. The van der Waals surface area contributed by atoms with E-state index < -0.39 is 0 Å². The Morgan fingerprint density at radius 1 is 1.18 bits per heavy atom. The molecule has 0 aliphatic heterocycles. The molecule has 4 fully saturated rings. The highest BCUT2D eigenvalue weighted by Crippen LogP contribution is 2.65. The van der Waals surface area contributed by atoms with Gasteiger partial charge >= 0.3 is 0 Å². The average Bonchev–Trinajstić information content (AvgIpc) is 3.03. The first-order valence-electron chi connectivity index (χ1n) is 10.5. The smallest absolute Gasteiger partial charge is 0.224 e. The van der Waals surface area contributed by atoms with E-state index in [2.05, 4.69) is 46.7 Å². The summed E-state index contributed by atoms with van der Waals surface area (Å²) in [6.07, 6.45) is 7.51. The number of carbonyl (C=O) groups is 1. The molecule has 1 aromatic heterocycles. The molecule has 4 atom stereocenters. The van der Waals surface area contributed by atoms with Crippen molar-refractivity contribution in [2.45, 2.75) is 71.3 Å². The average molecular weight is 380 g/mol. The first-order chi connectivity index (χ1) is 13.3. The van der Waals surface area contributed by atoms with Gasteiger partial charge in [0.25, 0.3) is 0 Å². The predicted molar refractivity (Wildman–Crippen MR) is 107 cm³/mol. The molecule has 0 spiro atoms. The number of tetrazole rings is 1. The van der Waals surface area contributed by atoms with Crippen LogP contribution in [0.5, 0.6) is 0 Å². The van der Waals surface area contributed by atoms with E-state index in [0.29, 0.717) is 18.3 Å². The highest BCUT2D eigenvalue weighted by atomic mass is 16.1. The number of hydrogen-bond donors (Lipinski definition) is 1. The summed E-state index contributed by atoms with van der Waals surface area (Å²) in [5.74, 6) is 2.24. The van der Waals surface area contributed by atoms with Gasteiger partial charge in [-0.15, -0.1) is 10.2 Å². The molecule has 6 heteroatoms. The minimum absolute atomic E-state index is 0.0363. The number of benzene rings is 1. The molecule has 4 saturated carbocycles. The molecule has 6 rings (SSSR count). The van der Waals surface area contributed by atoms with Gasteiger partial charge < -0.3 is 5.32 Å². The van der Waals surface area contributed by atoms with Crippen LogP contribution < -0.4 is 5.32 Å². The van der Waals surface area contributed by atoms with Crippen LogP contribution in [-0.4, -0.2) is 26.1 Å². The molecule has 2 aromatic rings. The molecule has 1 amide bonds. The SMILES string of the molecule is Cc1ccc(NC(=O)CC23C[C@H]4C[C@@H](C2)CC(n2nnc(C)n2)(C4)C3)c(C)c1. The molecule has 0 radical (unpaired) electrons. The lowest BCUT2D eigenvalue weighted by Gasteiger charge is -2.61. The maximum Gasteiger partial charge on any atom is 0.224 e. The zero-order valence-electron chi connectivity index (χ0n) is 17.0. The third kappa shape index (κ3) is 2.93. The summed E-state index contributed by atoms with van der Waals surface area (Å²) in [6, 6.07) is 6.20. The summed E-state index contributed by atoms with van der Waals surface area (Å²) in [5.41, 5.74) is 3.31. The number of nitrogens with zero attached hydrogens (tertiary/aromatic N) is 4. The molecule has 1 heterocycles. The van der Waals surface area contributed by atoms with Crippen LogP contribution in [0.25, 0.3) is 0 Å². The number of aromatic nitrogens is 4. The molecular formula is C22H29N5O. The van der Waals surface area contributed by atoms with Crippen LogP contribution in [0.2, 0.25) is 0 Å². The minimum Gasteiger partial charge on any atom is -0.326 e. The summed E-state index contributed by atoms with van der Waals surface area (Å²) in [6.45, 7) is 6.03. The lowest BCUT2D eigenvalue weighted by Crippen LogP contribution is -2.57. The second kappa shape index (κ2) is 6.13. The molecule has 2 unspecified atom stereocenters. The second-order valence-corrected chi connectivity index (χ2v) is 9.85. The van der Waals surface area contributed by atoms with Gasteiger partial charge in [-0.05, 0) is 93.4 Å². The van der Waals surface area contributed by atoms with Crippen LogP contribution >= 0.6 is 0 Å². The van der Waals surface area contributed by atoms with Gasteiger partial charge in [-0.1, -0.05) is 17.7 Å². The van der Waals surface area contributed by atoms with Crippen molar-refractivity contribution < 1.29 is 4.79 Å². The molecule has 28 heavy (non-hydrogen) atoms. The summed E-state index contributed by atoms with van der Waals surface area (Å²) >= 11 is 0. The number of nitrogens with one attached hydrogen (secondary N) is 1. The van der Waals surface area contributed by atoms with Crippen LogP contribution in [0.4, 0.5) is 5.69 Å². The quantitative estimate of drug-likeness (QED) is 0.874. The predicted octanol–water partition coefficient (Wildman–Crippen LogP) is 3.92. The van der Waals surface area contributed by atoms with E-state index in [1.807, 2.05) is 17.8 Å². The third-order valence-electron chi connectivity index (χ3n) is 7.28. The van der Waals surface area contributed by atoms with E-state index >= 15 is 0 Å². The standard InChI is InChI=1S/C22H29N5O/c1-14-4-5-19(15(2)6-14)23-20(28)12-21-8-17-7-18(9-21)11-22(10-17,13-21)27-25-16(3)24-26-27/h4-6,17-18H,7-13H2,1-3H3,(H,23,28)/t17-,18+,21?,22?. The fraction of sp³-hybridized carbons (Fsp3) is 0.636. The Kier molecular flexibility index (Phi) is 3.90. The Balaban J connectivity index is 1.38. The zero-order valence-corrected chi connectivity index (χ0v) is 17.0. The highest BCUT2D eigenvalue weighted by Gasteiger charge is 2.59. The summed E-state index contributed by atoms with van der Waals surface area (Å²) in [7, 11) is 0. The fourth-order valence-corrected chi connectivity index (χ4v) is 6.82. The normalized spacial score (nSPS) is 33.2. The number of rotatable bonds is 4. The monoisotopic (exact) mass is 379 g/mol. The summed E-state index contributed by atoms with van der Waals surface area (Å²) in [4.78, 5) is 14.9. The van der Waals surface area contributed by atoms with Crippen molar-refractivity contribution in [1.82, 2.24) is 20.2 Å². The molecule has 148 valence electrons. The number of carbonyl (C=O) groups excluding carboxylic acids is 1. The summed E-state index contributed by atoms with van der Waals surface area (Å²) < 4.78 is 0. The fourth-order valence-electron chi connectivity index (χ4n) is 6.82. The molecule has 4 aliphatic carbocycles. The second-order valence-electron chi connectivity index (χ2n) is 9.85. The largest absolute Gasteiger partial charge is 0.326 e. The molecule has 0 saturated heterocycles. The van der Waals surface area contributed by atoms with Crippen molar-refractivity contribution in [3.8, 4) is 0 Å². The van der Waals surface area contributed by atoms with Crippen molar-refractivity contribution in [3.05, 3.63) is 35.2 Å². The van der Waals surface area contributed by atoms with Crippen molar-refractivity contribution in [3.63, 3.8) is 0 Å². The van der Waals surface area contributed by atoms with Gasteiger partial charge in [0.2, 0.25) is 5.91 Å². The van der Waals surface area contributed by atoms with Gasteiger partial charge in [-0.25, -0.2) is 0 Å². The van der Waals surface area contributed by atoms with Gasteiger partial charge in [-0.3, -0.25) is 4.79 Å².